The molecule has 4 heteroatoms. The molecule has 1 atom stereocenters. The van der Waals surface area contributed by atoms with Crippen LogP contribution in [0, 0.1) is 0 Å². The van der Waals surface area contributed by atoms with E-state index in [4.69, 9.17) is 14.2 Å². The molecule has 0 aromatic heterocycles. The van der Waals surface area contributed by atoms with Crippen molar-refractivity contribution in [2.45, 2.75) is 45.7 Å². The highest BCUT2D eigenvalue weighted by Crippen LogP contribution is 2.29. The van der Waals surface area contributed by atoms with Gasteiger partial charge in [0, 0.05) is 19.7 Å². The summed E-state index contributed by atoms with van der Waals surface area (Å²) in [6.07, 6.45) is 5.84. The van der Waals surface area contributed by atoms with Crippen molar-refractivity contribution in [3.63, 3.8) is 0 Å². The van der Waals surface area contributed by atoms with E-state index in [1.807, 2.05) is 6.07 Å². The van der Waals surface area contributed by atoms with Crippen LogP contribution < -0.4 is 9.47 Å². The summed E-state index contributed by atoms with van der Waals surface area (Å²) in [7, 11) is 3.48. The SMILES string of the molecule is COC[C@@H]1CCCCN1Cc1ccc(OCC=C(C)C)c(OC)c1. The Morgan fingerprint density at radius 1 is 1.21 bits per heavy atom. The van der Waals surface area contributed by atoms with Crippen LogP contribution in [-0.4, -0.2) is 44.9 Å². The summed E-state index contributed by atoms with van der Waals surface area (Å²) >= 11 is 0. The molecule has 4 nitrogen and oxygen atoms in total. The van der Waals surface area contributed by atoms with Crippen molar-refractivity contribution < 1.29 is 14.2 Å². The predicted octanol–water partition coefficient (Wildman–Crippen LogP) is 4.04. The predicted molar refractivity (Wildman–Crippen MR) is 97.8 cm³/mol. The third-order valence-corrected chi connectivity index (χ3v) is 4.45. The Bertz CT molecular complexity index is 536. The Morgan fingerprint density at radius 3 is 2.75 bits per heavy atom. The summed E-state index contributed by atoms with van der Waals surface area (Å²) in [5, 5.41) is 0. The first kappa shape index (κ1) is 18.8. The number of hydrogen-bond acceptors (Lipinski definition) is 4. The second-order valence-corrected chi connectivity index (χ2v) is 6.65. The summed E-state index contributed by atoms with van der Waals surface area (Å²) < 4.78 is 16.7. The van der Waals surface area contributed by atoms with Crippen molar-refractivity contribution in [3.05, 3.63) is 35.4 Å². The van der Waals surface area contributed by atoms with Crippen LogP contribution in [-0.2, 0) is 11.3 Å². The smallest absolute Gasteiger partial charge is 0.161 e. The number of hydrogen-bond donors (Lipinski definition) is 0. The van der Waals surface area contributed by atoms with Gasteiger partial charge in [0.1, 0.15) is 6.61 Å². The van der Waals surface area contributed by atoms with Gasteiger partial charge in [0.15, 0.2) is 11.5 Å². The minimum atomic E-state index is 0.517. The van der Waals surface area contributed by atoms with Crippen molar-refractivity contribution in [2.24, 2.45) is 0 Å². The van der Waals surface area contributed by atoms with Gasteiger partial charge < -0.3 is 14.2 Å². The summed E-state index contributed by atoms with van der Waals surface area (Å²) in [4.78, 5) is 2.52. The van der Waals surface area contributed by atoms with Gasteiger partial charge in [-0.05, 0) is 57.0 Å². The van der Waals surface area contributed by atoms with Crippen molar-refractivity contribution in [1.29, 1.82) is 0 Å². The van der Waals surface area contributed by atoms with Crippen LogP contribution in [0.4, 0.5) is 0 Å². The number of methoxy groups -OCH3 is 2. The number of nitrogens with zero attached hydrogens (tertiary/aromatic N) is 1. The summed E-state index contributed by atoms with van der Waals surface area (Å²) in [6.45, 7) is 7.58. The Morgan fingerprint density at radius 2 is 2.04 bits per heavy atom. The van der Waals surface area contributed by atoms with E-state index in [9.17, 15) is 0 Å². The molecule has 0 spiro atoms. The van der Waals surface area contributed by atoms with E-state index in [1.165, 1.54) is 30.4 Å². The van der Waals surface area contributed by atoms with E-state index >= 15 is 0 Å². The lowest BCUT2D eigenvalue weighted by Crippen LogP contribution is -2.41. The third kappa shape index (κ3) is 5.53. The summed E-state index contributed by atoms with van der Waals surface area (Å²) in [5.41, 5.74) is 2.50. The van der Waals surface area contributed by atoms with Crippen molar-refractivity contribution in [1.82, 2.24) is 4.90 Å². The molecule has 0 amide bonds. The molecule has 1 heterocycles. The fourth-order valence-corrected chi connectivity index (χ4v) is 3.11. The number of rotatable bonds is 8. The maximum absolute atomic E-state index is 5.81. The van der Waals surface area contributed by atoms with Crippen molar-refractivity contribution >= 4 is 0 Å². The molecular formula is C20H31NO3. The lowest BCUT2D eigenvalue weighted by Gasteiger charge is -2.35. The fraction of sp³-hybridized carbons (Fsp3) is 0.600. The molecule has 0 bridgehead atoms. The van der Waals surface area contributed by atoms with Gasteiger partial charge >= 0.3 is 0 Å². The molecule has 0 unspecified atom stereocenters. The average molecular weight is 333 g/mol. The monoisotopic (exact) mass is 333 g/mol. The molecule has 24 heavy (non-hydrogen) atoms. The quantitative estimate of drug-likeness (QED) is 0.672. The minimum absolute atomic E-state index is 0.517. The average Bonchev–Trinajstić information content (AvgIpc) is 2.57. The fourth-order valence-electron chi connectivity index (χ4n) is 3.11. The van der Waals surface area contributed by atoms with E-state index in [2.05, 4.69) is 37.0 Å². The van der Waals surface area contributed by atoms with E-state index < -0.39 is 0 Å². The molecular weight excluding hydrogens is 302 g/mol. The first-order valence-corrected chi connectivity index (χ1v) is 8.80. The lowest BCUT2D eigenvalue weighted by atomic mass is 10.0. The van der Waals surface area contributed by atoms with Gasteiger partial charge in [0.25, 0.3) is 0 Å². The molecule has 134 valence electrons. The molecule has 0 saturated carbocycles. The molecule has 0 aliphatic carbocycles. The molecule has 1 aliphatic heterocycles. The topological polar surface area (TPSA) is 30.9 Å². The van der Waals surface area contributed by atoms with Crippen LogP contribution in [0.15, 0.2) is 29.8 Å². The largest absolute Gasteiger partial charge is 0.493 e. The van der Waals surface area contributed by atoms with Gasteiger partial charge in [0.2, 0.25) is 0 Å². The molecule has 0 N–H and O–H groups in total. The molecule has 1 aliphatic rings. The second-order valence-electron chi connectivity index (χ2n) is 6.65. The highest BCUT2D eigenvalue weighted by atomic mass is 16.5. The van der Waals surface area contributed by atoms with Gasteiger partial charge in [-0.25, -0.2) is 0 Å². The van der Waals surface area contributed by atoms with Crippen molar-refractivity contribution in [2.75, 3.05) is 34.0 Å². The Hall–Kier alpha value is -1.52. The zero-order valence-electron chi connectivity index (χ0n) is 15.5. The van der Waals surface area contributed by atoms with Crippen LogP contribution in [0.5, 0.6) is 11.5 Å². The molecule has 0 radical (unpaired) electrons. The van der Waals surface area contributed by atoms with Crippen LogP contribution in [0.3, 0.4) is 0 Å². The van der Waals surface area contributed by atoms with Crippen molar-refractivity contribution in [3.8, 4) is 11.5 Å². The third-order valence-electron chi connectivity index (χ3n) is 4.45. The highest BCUT2D eigenvalue weighted by molar-refractivity contribution is 5.43. The van der Waals surface area contributed by atoms with Crippen LogP contribution in [0.25, 0.3) is 0 Å². The van der Waals surface area contributed by atoms with Crippen LogP contribution in [0.1, 0.15) is 38.7 Å². The first-order valence-electron chi connectivity index (χ1n) is 8.80. The maximum atomic E-state index is 5.81. The van der Waals surface area contributed by atoms with Crippen LogP contribution >= 0.6 is 0 Å². The number of benzene rings is 1. The maximum Gasteiger partial charge on any atom is 0.161 e. The molecule has 2 rings (SSSR count). The zero-order chi connectivity index (χ0) is 17.4. The Balaban J connectivity index is 2.03. The first-order chi connectivity index (χ1) is 11.6. The summed E-state index contributed by atoms with van der Waals surface area (Å²) in [6, 6.07) is 6.76. The van der Waals surface area contributed by atoms with E-state index in [0.717, 1.165) is 31.2 Å². The van der Waals surface area contributed by atoms with Crippen LogP contribution in [0.2, 0.25) is 0 Å². The van der Waals surface area contributed by atoms with Gasteiger partial charge in [-0.3, -0.25) is 4.90 Å². The molecule has 1 aromatic rings. The minimum Gasteiger partial charge on any atom is -0.493 e. The standard InChI is InChI=1S/C20H31NO3/c1-16(2)10-12-24-19-9-8-17(13-20(19)23-4)14-21-11-6-5-7-18(21)15-22-3/h8-10,13,18H,5-7,11-12,14-15H2,1-4H3/t18-/m0/s1. The molecule has 1 aromatic carbocycles. The zero-order valence-corrected chi connectivity index (χ0v) is 15.5. The summed E-state index contributed by atoms with van der Waals surface area (Å²) in [5.74, 6) is 1.60. The number of ether oxygens (including phenoxy) is 3. The van der Waals surface area contributed by atoms with E-state index in [0.29, 0.717) is 12.6 Å². The van der Waals surface area contributed by atoms with E-state index in [1.54, 1.807) is 14.2 Å². The number of allylic oxidation sites excluding steroid dienone is 1. The number of piperidine rings is 1. The second kappa shape index (κ2) is 9.70. The van der Waals surface area contributed by atoms with Gasteiger partial charge in [-0.15, -0.1) is 0 Å². The number of likely N-dealkylation sites (tertiary alicyclic amines) is 1. The highest BCUT2D eigenvalue weighted by Gasteiger charge is 2.22. The molecule has 1 saturated heterocycles. The van der Waals surface area contributed by atoms with Gasteiger partial charge in [-0.1, -0.05) is 18.1 Å². The lowest BCUT2D eigenvalue weighted by molar-refractivity contribution is 0.0600. The Kier molecular flexibility index (Phi) is 7.60. The van der Waals surface area contributed by atoms with Gasteiger partial charge in [0.05, 0.1) is 13.7 Å². The van der Waals surface area contributed by atoms with Gasteiger partial charge in [-0.2, -0.15) is 0 Å². The Labute approximate surface area is 146 Å². The normalized spacial score (nSPS) is 18.2. The van der Waals surface area contributed by atoms with E-state index in [-0.39, 0.29) is 0 Å². The molecule has 1 fully saturated rings.